The summed E-state index contributed by atoms with van der Waals surface area (Å²) >= 11 is 14.9. The maximum absolute atomic E-state index is 11.9. The van der Waals surface area contributed by atoms with Gasteiger partial charge in [-0.3, -0.25) is 4.79 Å². The van der Waals surface area contributed by atoms with Gasteiger partial charge in [0.05, 0.1) is 0 Å². The number of amides is 1. The molecule has 1 aromatic carbocycles. The molecule has 0 atom stereocenters. The first kappa shape index (κ1) is 13.3. The Hall–Kier alpha value is -1.10. The normalized spacial score (nSPS) is 10.2. The molecule has 92 valence electrons. The van der Waals surface area contributed by atoms with Gasteiger partial charge in [-0.05, 0) is 46.3 Å². The predicted octanol–water partition coefficient (Wildman–Crippen LogP) is 4.40. The van der Waals surface area contributed by atoms with Crippen LogP contribution in [0.1, 0.15) is 10.5 Å². The van der Waals surface area contributed by atoms with Crippen molar-refractivity contribution in [1.29, 1.82) is 0 Å². The van der Waals surface area contributed by atoms with Crippen molar-refractivity contribution in [3.8, 4) is 0 Å². The van der Waals surface area contributed by atoms with Crippen LogP contribution >= 0.6 is 39.1 Å². The number of benzene rings is 1. The summed E-state index contributed by atoms with van der Waals surface area (Å²) in [5, 5.41) is 3.59. The number of hydrogen-bond donors (Lipinski definition) is 1. The fourth-order valence-electron chi connectivity index (χ4n) is 1.36. The highest BCUT2D eigenvalue weighted by molar-refractivity contribution is 9.10. The van der Waals surface area contributed by atoms with Crippen LogP contribution in [0, 0.1) is 0 Å². The molecule has 1 heterocycles. The standard InChI is InChI=1S/C12H7BrCl2N2O/c13-11-3-1-2-10(17-11)12(18)16-9-5-7(14)4-8(15)6-9/h1-6H,(H,16,18). The van der Waals surface area contributed by atoms with E-state index in [-0.39, 0.29) is 5.91 Å². The maximum Gasteiger partial charge on any atom is 0.274 e. The Morgan fingerprint density at radius 3 is 2.44 bits per heavy atom. The summed E-state index contributed by atoms with van der Waals surface area (Å²) in [4.78, 5) is 16.0. The molecular formula is C12H7BrCl2N2O. The molecule has 0 fully saturated rings. The number of nitrogens with zero attached hydrogens (tertiary/aromatic N) is 1. The van der Waals surface area contributed by atoms with Gasteiger partial charge in [0, 0.05) is 15.7 Å². The molecule has 2 aromatic rings. The Kier molecular flexibility index (Phi) is 4.22. The Balaban J connectivity index is 2.21. The first-order chi connectivity index (χ1) is 8.54. The summed E-state index contributed by atoms with van der Waals surface area (Å²) in [5.74, 6) is -0.324. The van der Waals surface area contributed by atoms with E-state index in [4.69, 9.17) is 23.2 Å². The second kappa shape index (κ2) is 5.69. The minimum Gasteiger partial charge on any atom is -0.321 e. The molecule has 0 aliphatic rings. The van der Waals surface area contributed by atoms with E-state index in [2.05, 4.69) is 26.2 Å². The van der Waals surface area contributed by atoms with Crippen molar-refractivity contribution in [3.63, 3.8) is 0 Å². The van der Waals surface area contributed by atoms with Gasteiger partial charge in [0.2, 0.25) is 0 Å². The fraction of sp³-hybridized carbons (Fsp3) is 0. The molecule has 1 aromatic heterocycles. The van der Waals surface area contributed by atoms with Crippen LogP contribution in [-0.2, 0) is 0 Å². The van der Waals surface area contributed by atoms with Crippen molar-refractivity contribution >= 4 is 50.7 Å². The predicted molar refractivity (Wildman–Crippen MR) is 76.4 cm³/mol. The van der Waals surface area contributed by atoms with Gasteiger partial charge in [-0.25, -0.2) is 4.98 Å². The monoisotopic (exact) mass is 344 g/mol. The Morgan fingerprint density at radius 2 is 1.83 bits per heavy atom. The topological polar surface area (TPSA) is 42.0 Å². The van der Waals surface area contributed by atoms with Gasteiger partial charge in [-0.1, -0.05) is 29.3 Å². The van der Waals surface area contributed by atoms with Crippen molar-refractivity contribution in [1.82, 2.24) is 4.98 Å². The summed E-state index contributed by atoms with van der Waals surface area (Å²) in [6.45, 7) is 0. The molecule has 0 saturated heterocycles. The van der Waals surface area contributed by atoms with Crippen molar-refractivity contribution in [3.05, 3.63) is 56.7 Å². The summed E-state index contributed by atoms with van der Waals surface area (Å²) in [7, 11) is 0. The van der Waals surface area contributed by atoms with Crippen LogP contribution in [0.4, 0.5) is 5.69 Å². The number of rotatable bonds is 2. The van der Waals surface area contributed by atoms with Crippen molar-refractivity contribution in [2.75, 3.05) is 5.32 Å². The molecule has 0 radical (unpaired) electrons. The average molecular weight is 346 g/mol. The van der Waals surface area contributed by atoms with Crippen LogP contribution in [0.3, 0.4) is 0 Å². The molecule has 0 spiro atoms. The highest BCUT2D eigenvalue weighted by atomic mass is 79.9. The second-order valence-corrected chi connectivity index (χ2v) is 5.14. The van der Waals surface area contributed by atoms with Crippen LogP contribution in [-0.4, -0.2) is 10.9 Å². The molecule has 0 unspecified atom stereocenters. The molecule has 6 heteroatoms. The maximum atomic E-state index is 11.9. The van der Waals surface area contributed by atoms with Gasteiger partial charge in [-0.15, -0.1) is 0 Å². The summed E-state index contributed by atoms with van der Waals surface area (Å²) in [6.07, 6.45) is 0. The molecule has 0 aliphatic heterocycles. The smallest absolute Gasteiger partial charge is 0.274 e. The van der Waals surface area contributed by atoms with E-state index in [1.54, 1.807) is 36.4 Å². The third kappa shape index (κ3) is 3.45. The SMILES string of the molecule is O=C(Nc1cc(Cl)cc(Cl)c1)c1cccc(Br)n1. The van der Waals surface area contributed by atoms with Crippen LogP contribution in [0.5, 0.6) is 0 Å². The zero-order chi connectivity index (χ0) is 13.1. The summed E-state index contributed by atoms with van der Waals surface area (Å²) < 4.78 is 0.597. The van der Waals surface area contributed by atoms with E-state index < -0.39 is 0 Å². The highest BCUT2D eigenvalue weighted by Crippen LogP contribution is 2.22. The van der Waals surface area contributed by atoms with Crippen molar-refractivity contribution in [2.24, 2.45) is 0 Å². The van der Waals surface area contributed by atoms with E-state index in [9.17, 15) is 4.79 Å². The Bertz CT molecular complexity index is 584. The number of carbonyl (C=O) groups excluding carboxylic acids is 1. The third-order valence-corrected chi connectivity index (χ3v) is 2.95. The average Bonchev–Trinajstić information content (AvgIpc) is 2.27. The van der Waals surface area contributed by atoms with Crippen LogP contribution in [0.2, 0.25) is 10.0 Å². The minimum absolute atomic E-state index is 0.306. The minimum atomic E-state index is -0.324. The summed E-state index contributed by atoms with van der Waals surface area (Å²) in [5.41, 5.74) is 0.833. The molecule has 2 rings (SSSR count). The number of anilines is 1. The van der Waals surface area contributed by atoms with Crippen LogP contribution < -0.4 is 5.32 Å². The van der Waals surface area contributed by atoms with E-state index in [0.29, 0.717) is 26.0 Å². The van der Waals surface area contributed by atoms with Gasteiger partial charge in [0.15, 0.2) is 0 Å². The largest absolute Gasteiger partial charge is 0.321 e. The van der Waals surface area contributed by atoms with E-state index in [1.807, 2.05) is 0 Å². The number of nitrogens with one attached hydrogen (secondary N) is 1. The van der Waals surface area contributed by atoms with Gasteiger partial charge >= 0.3 is 0 Å². The number of hydrogen-bond acceptors (Lipinski definition) is 2. The van der Waals surface area contributed by atoms with E-state index in [0.717, 1.165) is 0 Å². The number of pyridine rings is 1. The van der Waals surface area contributed by atoms with Crippen LogP contribution in [0.15, 0.2) is 41.0 Å². The first-order valence-corrected chi connectivity index (χ1v) is 6.49. The van der Waals surface area contributed by atoms with Gasteiger partial charge in [-0.2, -0.15) is 0 Å². The number of aromatic nitrogens is 1. The van der Waals surface area contributed by atoms with Gasteiger partial charge < -0.3 is 5.32 Å². The molecule has 0 saturated carbocycles. The number of carbonyl (C=O) groups is 1. The van der Waals surface area contributed by atoms with Gasteiger partial charge in [0.1, 0.15) is 10.3 Å². The molecule has 1 amide bonds. The van der Waals surface area contributed by atoms with Crippen LogP contribution in [0.25, 0.3) is 0 Å². The molecular weight excluding hydrogens is 339 g/mol. The zero-order valence-corrected chi connectivity index (χ0v) is 12.1. The second-order valence-electron chi connectivity index (χ2n) is 3.46. The Labute approximate surface area is 122 Å². The number of halogens is 3. The molecule has 18 heavy (non-hydrogen) atoms. The molecule has 0 aliphatic carbocycles. The lowest BCUT2D eigenvalue weighted by Gasteiger charge is -2.06. The summed E-state index contributed by atoms with van der Waals surface area (Å²) in [6, 6.07) is 9.92. The Morgan fingerprint density at radius 1 is 1.17 bits per heavy atom. The lowest BCUT2D eigenvalue weighted by molar-refractivity contribution is 0.102. The van der Waals surface area contributed by atoms with E-state index >= 15 is 0 Å². The first-order valence-electron chi connectivity index (χ1n) is 4.94. The van der Waals surface area contributed by atoms with Crippen molar-refractivity contribution in [2.45, 2.75) is 0 Å². The van der Waals surface area contributed by atoms with Crippen molar-refractivity contribution < 1.29 is 4.79 Å². The quantitative estimate of drug-likeness (QED) is 0.819. The lowest BCUT2D eigenvalue weighted by atomic mass is 10.3. The molecule has 3 nitrogen and oxygen atoms in total. The molecule has 0 bridgehead atoms. The van der Waals surface area contributed by atoms with E-state index in [1.165, 1.54) is 0 Å². The van der Waals surface area contributed by atoms with Gasteiger partial charge in [0.25, 0.3) is 5.91 Å². The zero-order valence-electron chi connectivity index (χ0n) is 8.95. The lowest BCUT2D eigenvalue weighted by Crippen LogP contribution is -2.13. The molecule has 1 N–H and O–H groups in total. The highest BCUT2D eigenvalue weighted by Gasteiger charge is 2.08. The fourth-order valence-corrected chi connectivity index (χ4v) is 2.23. The third-order valence-electron chi connectivity index (χ3n) is 2.07.